The van der Waals surface area contributed by atoms with Crippen LogP contribution in [-0.4, -0.2) is 37.2 Å². The van der Waals surface area contributed by atoms with Crippen LogP contribution >= 0.6 is 0 Å². The fraction of sp³-hybridized carbons (Fsp3) is 0.429. The third-order valence-electron chi connectivity index (χ3n) is 4.31. The molecule has 2 aromatic heterocycles. The number of furan rings is 1. The molecule has 0 saturated carbocycles. The highest BCUT2D eigenvalue weighted by Gasteiger charge is 2.26. The number of anilines is 1. The monoisotopic (exact) mass is 399 g/mol. The molecule has 29 heavy (non-hydrogen) atoms. The predicted octanol–water partition coefficient (Wildman–Crippen LogP) is 3.84. The van der Waals surface area contributed by atoms with Crippen molar-refractivity contribution < 1.29 is 23.5 Å². The van der Waals surface area contributed by atoms with Crippen LogP contribution in [0.3, 0.4) is 0 Å². The number of rotatable bonds is 10. The van der Waals surface area contributed by atoms with Crippen LogP contribution in [0.5, 0.6) is 0 Å². The van der Waals surface area contributed by atoms with Gasteiger partial charge in [-0.05, 0) is 38.8 Å². The Balaban J connectivity index is 2.25. The van der Waals surface area contributed by atoms with E-state index in [1.54, 1.807) is 26.0 Å². The number of unbranched alkanes of at least 4 members (excludes halogenated alkanes) is 2. The van der Waals surface area contributed by atoms with Gasteiger partial charge in [-0.25, -0.2) is 9.78 Å². The zero-order valence-corrected chi connectivity index (χ0v) is 16.9. The summed E-state index contributed by atoms with van der Waals surface area (Å²) in [5.74, 6) is 0.0167. The maximum atomic E-state index is 12.5. The molecule has 8 nitrogen and oxygen atoms in total. The van der Waals surface area contributed by atoms with Gasteiger partial charge in [-0.15, -0.1) is 0 Å². The molecule has 0 bridgehead atoms. The Morgan fingerprint density at radius 3 is 2.72 bits per heavy atom. The lowest BCUT2D eigenvalue weighted by molar-refractivity contribution is -0.140. The second-order valence-corrected chi connectivity index (χ2v) is 6.29. The topological polar surface area (TPSA) is 114 Å². The summed E-state index contributed by atoms with van der Waals surface area (Å²) in [7, 11) is 1.37. The summed E-state index contributed by atoms with van der Waals surface area (Å²) < 4.78 is 15.2. The molecule has 0 radical (unpaired) electrons. The van der Waals surface area contributed by atoms with Gasteiger partial charge in [0.25, 0.3) is 0 Å². The van der Waals surface area contributed by atoms with E-state index in [0.29, 0.717) is 35.8 Å². The molecule has 0 aliphatic rings. The molecule has 0 saturated heterocycles. The number of hydrogen-bond donors (Lipinski definition) is 1. The molecule has 2 rings (SSSR count). The first-order valence-corrected chi connectivity index (χ1v) is 9.49. The molecule has 0 spiro atoms. The molecular formula is C21H25N3O5. The van der Waals surface area contributed by atoms with Crippen LogP contribution in [0.4, 0.5) is 5.82 Å². The van der Waals surface area contributed by atoms with Crippen molar-refractivity contribution in [2.24, 2.45) is 0 Å². The van der Waals surface area contributed by atoms with Crippen LogP contribution in [0.15, 0.2) is 22.8 Å². The van der Waals surface area contributed by atoms with Crippen molar-refractivity contribution in [1.82, 2.24) is 4.98 Å². The van der Waals surface area contributed by atoms with Gasteiger partial charge in [0.05, 0.1) is 36.8 Å². The van der Waals surface area contributed by atoms with Gasteiger partial charge >= 0.3 is 11.9 Å². The first-order valence-electron chi connectivity index (χ1n) is 9.49. The summed E-state index contributed by atoms with van der Waals surface area (Å²) in [6, 6.07) is 5.52. The van der Waals surface area contributed by atoms with E-state index < -0.39 is 5.97 Å². The van der Waals surface area contributed by atoms with E-state index in [-0.39, 0.29) is 23.7 Å². The molecular weight excluding hydrogens is 374 g/mol. The SMILES string of the molecule is CCOC(=O)c1c(C)nc(NCCCCCC(=O)OC)c(C#N)c1-c1ccco1. The van der Waals surface area contributed by atoms with Gasteiger partial charge in [-0.1, -0.05) is 6.42 Å². The van der Waals surface area contributed by atoms with Crippen LogP contribution in [0, 0.1) is 18.3 Å². The maximum Gasteiger partial charge on any atom is 0.340 e. The van der Waals surface area contributed by atoms with Gasteiger partial charge < -0.3 is 19.2 Å². The second-order valence-electron chi connectivity index (χ2n) is 6.29. The minimum atomic E-state index is -0.547. The van der Waals surface area contributed by atoms with Crippen molar-refractivity contribution >= 4 is 17.8 Å². The fourth-order valence-electron chi connectivity index (χ4n) is 2.94. The molecule has 1 N–H and O–H groups in total. The number of esters is 2. The van der Waals surface area contributed by atoms with Gasteiger partial charge in [0, 0.05) is 13.0 Å². The van der Waals surface area contributed by atoms with Crippen LogP contribution in [0.2, 0.25) is 0 Å². The first kappa shape index (κ1) is 22.0. The number of nitriles is 1. The highest BCUT2D eigenvalue weighted by atomic mass is 16.5. The van der Waals surface area contributed by atoms with Gasteiger partial charge in [0.15, 0.2) is 0 Å². The van der Waals surface area contributed by atoms with E-state index in [1.807, 2.05) is 0 Å². The molecule has 0 aliphatic heterocycles. The van der Waals surface area contributed by atoms with Gasteiger partial charge in [0.2, 0.25) is 0 Å². The molecule has 0 amide bonds. The quantitative estimate of drug-likeness (QED) is 0.473. The van der Waals surface area contributed by atoms with E-state index in [1.165, 1.54) is 13.4 Å². The number of nitrogens with zero attached hydrogens (tertiary/aromatic N) is 2. The van der Waals surface area contributed by atoms with Crippen molar-refractivity contribution in [1.29, 1.82) is 5.26 Å². The Bertz CT molecular complexity index is 885. The van der Waals surface area contributed by atoms with Crippen LogP contribution < -0.4 is 5.32 Å². The van der Waals surface area contributed by atoms with Crippen molar-refractivity contribution in [3.63, 3.8) is 0 Å². The number of carbonyl (C=O) groups excluding carboxylic acids is 2. The standard InChI is InChI=1S/C21H25N3O5/c1-4-28-21(26)18-14(2)24-20(23-11-7-5-6-10-17(25)27-3)15(13-22)19(18)16-9-8-12-29-16/h8-9,12H,4-7,10-11H2,1-3H3,(H,23,24). The van der Waals surface area contributed by atoms with Crippen molar-refractivity contribution in [2.45, 2.75) is 39.5 Å². The third-order valence-corrected chi connectivity index (χ3v) is 4.31. The normalized spacial score (nSPS) is 10.3. The van der Waals surface area contributed by atoms with Gasteiger partial charge in [-0.2, -0.15) is 5.26 Å². The number of ether oxygens (including phenoxy) is 2. The molecule has 2 heterocycles. The molecule has 2 aromatic rings. The summed E-state index contributed by atoms with van der Waals surface area (Å²) in [6.07, 6.45) is 4.21. The minimum absolute atomic E-state index is 0.212. The number of carbonyl (C=O) groups is 2. The van der Waals surface area contributed by atoms with Crippen molar-refractivity contribution in [3.05, 3.63) is 35.2 Å². The van der Waals surface area contributed by atoms with Crippen LogP contribution in [0.25, 0.3) is 11.3 Å². The van der Waals surface area contributed by atoms with Crippen LogP contribution in [-0.2, 0) is 14.3 Å². The van der Waals surface area contributed by atoms with Gasteiger partial charge in [-0.3, -0.25) is 4.79 Å². The summed E-state index contributed by atoms with van der Waals surface area (Å²) in [5.41, 5.74) is 1.27. The van der Waals surface area contributed by atoms with E-state index in [2.05, 4.69) is 21.1 Å². The zero-order valence-electron chi connectivity index (χ0n) is 16.9. The van der Waals surface area contributed by atoms with Crippen molar-refractivity contribution in [2.75, 3.05) is 25.6 Å². The first-order chi connectivity index (χ1) is 14.0. The molecule has 0 atom stereocenters. The molecule has 8 heteroatoms. The minimum Gasteiger partial charge on any atom is -0.469 e. The fourth-order valence-corrected chi connectivity index (χ4v) is 2.94. The molecule has 154 valence electrons. The largest absolute Gasteiger partial charge is 0.469 e. The van der Waals surface area contributed by atoms with E-state index >= 15 is 0 Å². The number of hydrogen-bond acceptors (Lipinski definition) is 8. The molecule has 0 aromatic carbocycles. The summed E-state index contributed by atoms with van der Waals surface area (Å²) in [6.45, 7) is 4.19. The average molecular weight is 399 g/mol. The van der Waals surface area contributed by atoms with Gasteiger partial charge in [0.1, 0.15) is 23.2 Å². The van der Waals surface area contributed by atoms with Crippen LogP contribution in [0.1, 0.15) is 54.2 Å². The Morgan fingerprint density at radius 2 is 2.10 bits per heavy atom. The average Bonchev–Trinajstić information content (AvgIpc) is 3.24. The smallest absolute Gasteiger partial charge is 0.340 e. The lowest BCUT2D eigenvalue weighted by Crippen LogP contribution is -2.14. The Hall–Kier alpha value is -3.34. The number of nitrogens with one attached hydrogen (secondary N) is 1. The highest BCUT2D eigenvalue weighted by Crippen LogP contribution is 2.34. The van der Waals surface area contributed by atoms with E-state index in [9.17, 15) is 14.9 Å². The Kier molecular flexibility index (Phi) is 8.22. The predicted molar refractivity (Wildman–Crippen MR) is 106 cm³/mol. The number of aromatic nitrogens is 1. The number of methoxy groups -OCH3 is 1. The second kappa shape index (κ2) is 10.9. The number of pyridine rings is 1. The molecule has 0 unspecified atom stereocenters. The Morgan fingerprint density at radius 1 is 1.31 bits per heavy atom. The highest BCUT2D eigenvalue weighted by molar-refractivity contribution is 6.00. The number of aryl methyl sites for hydroxylation is 1. The Labute approximate surface area is 169 Å². The van der Waals surface area contributed by atoms with Crippen molar-refractivity contribution in [3.8, 4) is 17.4 Å². The summed E-state index contributed by atoms with van der Waals surface area (Å²) in [4.78, 5) is 28.1. The van der Waals surface area contributed by atoms with E-state index in [4.69, 9.17) is 9.15 Å². The van der Waals surface area contributed by atoms with E-state index in [0.717, 1.165) is 19.3 Å². The lowest BCUT2D eigenvalue weighted by atomic mass is 9.98. The zero-order chi connectivity index (χ0) is 21.2. The summed E-state index contributed by atoms with van der Waals surface area (Å²) in [5, 5.41) is 12.9. The maximum absolute atomic E-state index is 12.5. The summed E-state index contributed by atoms with van der Waals surface area (Å²) >= 11 is 0. The third kappa shape index (κ3) is 5.57. The lowest BCUT2D eigenvalue weighted by Gasteiger charge is -2.15. The molecule has 0 fully saturated rings. The molecule has 0 aliphatic carbocycles.